The van der Waals surface area contributed by atoms with Crippen LogP contribution in [0.2, 0.25) is 0 Å². The summed E-state index contributed by atoms with van der Waals surface area (Å²) in [6.45, 7) is 11.1. The van der Waals surface area contributed by atoms with Gasteiger partial charge in [0.05, 0.1) is 6.20 Å². The fourth-order valence-electron chi connectivity index (χ4n) is 5.10. The van der Waals surface area contributed by atoms with Crippen molar-refractivity contribution in [1.29, 1.82) is 0 Å². The Morgan fingerprint density at radius 3 is 2.65 bits per heavy atom. The number of aromatic nitrogens is 4. The molecule has 0 aromatic carbocycles. The first-order valence-corrected chi connectivity index (χ1v) is 9.98. The van der Waals surface area contributed by atoms with E-state index in [-0.39, 0.29) is 0 Å². The van der Waals surface area contributed by atoms with Gasteiger partial charge in [-0.2, -0.15) is 5.10 Å². The molecule has 6 nitrogen and oxygen atoms in total. The average molecular weight is 352 g/mol. The van der Waals surface area contributed by atoms with Gasteiger partial charge >= 0.3 is 0 Å². The molecule has 0 amide bonds. The van der Waals surface area contributed by atoms with Crippen molar-refractivity contribution in [3.05, 3.63) is 35.0 Å². The van der Waals surface area contributed by atoms with Crippen LogP contribution >= 0.6 is 0 Å². The first-order valence-electron chi connectivity index (χ1n) is 9.98. The van der Waals surface area contributed by atoms with E-state index in [0.29, 0.717) is 0 Å². The van der Waals surface area contributed by atoms with Gasteiger partial charge in [-0.1, -0.05) is 0 Å². The number of anilines is 1. The highest BCUT2D eigenvalue weighted by Crippen LogP contribution is 2.35. The Morgan fingerprint density at radius 1 is 1.04 bits per heavy atom. The average Bonchev–Trinajstić information content (AvgIpc) is 3.31. The Morgan fingerprint density at radius 2 is 1.85 bits per heavy atom. The summed E-state index contributed by atoms with van der Waals surface area (Å²) in [6, 6.07) is 0. The number of hydrogen-bond acceptors (Lipinski definition) is 5. The van der Waals surface area contributed by atoms with Gasteiger partial charge in [-0.05, 0) is 44.9 Å². The fourth-order valence-corrected chi connectivity index (χ4v) is 5.10. The molecular formula is C20H28N6. The summed E-state index contributed by atoms with van der Waals surface area (Å²) in [5.74, 6) is 2.66. The molecule has 2 aromatic rings. The molecule has 0 bridgehead atoms. The monoisotopic (exact) mass is 352 g/mol. The van der Waals surface area contributed by atoms with E-state index < -0.39 is 0 Å². The SMILES string of the molecule is Cc1ncnc(N2CC3CN(Cc4cnn5c4CCCC5)CC3C2)c1C. The van der Waals surface area contributed by atoms with Gasteiger partial charge in [0.25, 0.3) is 0 Å². The Hall–Kier alpha value is -1.95. The third kappa shape index (κ3) is 2.71. The minimum absolute atomic E-state index is 0.760. The summed E-state index contributed by atoms with van der Waals surface area (Å²) in [4.78, 5) is 14.0. The molecule has 5 rings (SSSR count). The first-order chi connectivity index (χ1) is 12.7. The van der Waals surface area contributed by atoms with E-state index in [1.54, 1.807) is 6.33 Å². The lowest BCUT2D eigenvalue weighted by Crippen LogP contribution is -2.30. The van der Waals surface area contributed by atoms with Crippen LogP contribution in [0.3, 0.4) is 0 Å². The summed E-state index contributed by atoms with van der Waals surface area (Å²) in [5.41, 5.74) is 5.28. The topological polar surface area (TPSA) is 50.1 Å². The van der Waals surface area contributed by atoms with E-state index in [9.17, 15) is 0 Å². The minimum atomic E-state index is 0.760. The molecular weight excluding hydrogens is 324 g/mol. The van der Waals surface area contributed by atoms with E-state index in [1.165, 1.54) is 49.2 Å². The lowest BCUT2D eigenvalue weighted by Gasteiger charge is -2.24. The van der Waals surface area contributed by atoms with Crippen molar-refractivity contribution >= 4 is 5.82 Å². The molecule has 0 N–H and O–H groups in total. The number of fused-ring (bicyclic) bond motifs is 2. The zero-order valence-electron chi connectivity index (χ0n) is 15.9. The molecule has 2 aromatic heterocycles. The predicted octanol–water partition coefficient (Wildman–Crippen LogP) is 2.19. The van der Waals surface area contributed by atoms with Gasteiger partial charge in [0, 0.05) is 61.8 Å². The van der Waals surface area contributed by atoms with Crippen LogP contribution in [-0.4, -0.2) is 50.8 Å². The summed E-state index contributed by atoms with van der Waals surface area (Å²) in [7, 11) is 0. The van der Waals surface area contributed by atoms with E-state index >= 15 is 0 Å². The highest BCUT2D eigenvalue weighted by atomic mass is 15.3. The Kier molecular flexibility index (Phi) is 3.96. The predicted molar refractivity (Wildman–Crippen MR) is 101 cm³/mol. The molecule has 6 heteroatoms. The third-order valence-corrected chi connectivity index (χ3v) is 6.63. The molecule has 2 fully saturated rings. The smallest absolute Gasteiger partial charge is 0.135 e. The van der Waals surface area contributed by atoms with Gasteiger partial charge in [0.15, 0.2) is 0 Å². The quantitative estimate of drug-likeness (QED) is 0.848. The molecule has 0 aliphatic carbocycles. The van der Waals surface area contributed by atoms with Gasteiger partial charge < -0.3 is 4.90 Å². The zero-order chi connectivity index (χ0) is 17.7. The third-order valence-electron chi connectivity index (χ3n) is 6.63. The largest absolute Gasteiger partial charge is 0.356 e. The second kappa shape index (κ2) is 6.34. The summed E-state index contributed by atoms with van der Waals surface area (Å²) in [5, 5.41) is 4.61. The second-order valence-corrected chi connectivity index (χ2v) is 8.32. The molecule has 0 saturated carbocycles. The Bertz CT molecular complexity index is 799. The molecule has 2 atom stereocenters. The number of rotatable bonds is 3. The number of nitrogens with zero attached hydrogens (tertiary/aromatic N) is 6. The van der Waals surface area contributed by atoms with Crippen molar-refractivity contribution in [1.82, 2.24) is 24.6 Å². The van der Waals surface area contributed by atoms with Crippen LogP contribution in [0.1, 0.15) is 35.4 Å². The van der Waals surface area contributed by atoms with Crippen LogP contribution in [-0.2, 0) is 19.5 Å². The molecule has 3 aliphatic rings. The highest BCUT2D eigenvalue weighted by molar-refractivity contribution is 5.48. The number of hydrogen-bond donors (Lipinski definition) is 0. The molecule has 3 aliphatic heterocycles. The normalized spacial score (nSPS) is 25.5. The maximum Gasteiger partial charge on any atom is 0.135 e. The van der Waals surface area contributed by atoms with E-state index in [2.05, 4.69) is 49.6 Å². The standard InChI is InChI=1S/C20H28N6/c1-14-15(2)21-13-22-20(14)25-11-17-9-24(10-18(17)12-25)8-16-7-23-26-6-4-3-5-19(16)26/h7,13,17-18H,3-6,8-12H2,1-2H3. The second-order valence-electron chi connectivity index (χ2n) is 8.32. The van der Waals surface area contributed by atoms with Crippen molar-refractivity contribution in [2.75, 3.05) is 31.1 Å². The van der Waals surface area contributed by atoms with Gasteiger partial charge in [-0.25, -0.2) is 9.97 Å². The summed E-state index contributed by atoms with van der Waals surface area (Å²) >= 11 is 0. The van der Waals surface area contributed by atoms with Crippen LogP contribution in [0.15, 0.2) is 12.5 Å². The Balaban J connectivity index is 1.25. The molecule has 26 heavy (non-hydrogen) atoms. The lowest BCUT2D eigenvalue weighted by atomic mass is 10.0. The van der Waals surface area contributed by atoms with Crippen LogP contribution in [0, 0.1) is 25.7 Å². The van der Waals surface area contributed by atoms with Crippen molar-refractivity contribution in [2.24, 2.45) is 11.8 Å². The zero-order valence-corrected chi connectivity index (χ0v) is 15.9. The summed E-state index contributed by atoms with van der Waals surface area (Å²) < 4.78 is 2.23. The first kappa shape index (κ1) is 16.2. The van der Waals surface area contributed by atoms with E-state index in [0.717, 1.165) is 49.5 Å². The maximum absolute atomic E-state index is 4.61. The van der Waals surface area contributed by atoms with Gasteiger partial charge in [0.1, 0.15) is 12.1 Å². The summed E-state index contributed by atoms with van der Waals surface area (Å²) in [6.07, 6.45) is 7.63. The van der Waals surface area contributed by atoms with Crippen molar-refractivity contribution in [3.8, 4) is 0 Å². The minimum Gasteiger partial charge on any atom is -0.356 e. The number of aryl methyl sites for hydroxylation is 2. The molecule has 138 valence electrons. The van der Waals surface area contributed by atoms with E-state index in [1.807, 2.05) is 0 Å². The molecule has 0 radical (unpaired) electrons. The molecule has 2 saturated heterocycles. The van der Waals surface area contributed by atoms with E-state index in [4.69, 9.17) is 0 Å². The Labute approximate surface area is 155 Å². The maximum atomic E-state index is 4.61. The van der Waals surface area contributed by atoms with Crippen LogP contribution in [0.5, 0.6) is 0 Å². The van der Waals surface area contributed by atoms with Crippen LogP contribution in [0.4, 0.5) is 5.82 Å². The number of likely N-dealkylation sites (tertiary alicyclic amines) is 1. The van der Waals surface area contributed by atoms with Crippen LogP contribution < -0.4 is 4.90 Å². The molecule has 0 spiro atoms. The van der Waals surface area contributed by atoms with Crippen molar-refractivity contribution in [3.63, 3.8) is 0 Å². The van der Waals surface area contributed by atoms with Crippen molar-refractivity contribution in [2.45, 2.75) is 46.2 Å². The van der Waals surface area contributed by atoms with Gasteiger partial charge in [-0.15, -0.1) is 0 Å². The van der Waals surface area contributed by atoms with Gasteiger partial charge in [0.2, 0.25) is 0 Å². The molecule has 5 heterocycles. The lowest BCUT2D eigenvalue weighted by molar-refractivity contribution is 0.306. The highest BCUT2D eigenvalue weighted by Gasteiger charge is 2.41. The van der Waals surface area contributed by atoms with Crippen molar-refractivity contribution < 1.29 is 0 Å². The van der Waals surface area contributed by atoms with Gasteiger partial charge in [-0.3, -0.25) is 9.58 Å². The molecule has 2 unspecified atom stereocenters. The van der Waals surface area contributed by atoms with Crippen LogP contribution in [0.25, 0.3) is 0 Å². The fraction of sp³-hybridized carbons (Fsp3) is 0.650.